The van der Waals surface area contributed by atoms with Crippen LogP contribution >= 0.6 is 0 Å². The summed E-state index contributed by atoms with van der Waals surface area (Å²) in [5.74, 6) is 0.834. The summed E-state index contributed by atoms with van der Waals surface area (Å²) in [4.78, 5) is 24.2. The lowest BCUT2D eigenvalue weighted by atomic mass is 9.96. The number of hydrogen-bond donors (Lipinski definition) is 2. The molecule has 0 unspecified atom stereocenters. The molecule has 0 aliphatic heterocycles. The zero-order valence-electron chi connectivity index (χ0n) is 15.8. The Bertz CT molecular complexity index is 785. The molecule has 5 heteroatoms. The van der Waals surface area contributed by atoms with Gasteiger partial charge >= 0.3 is 0 Å². The Labute approximate surface area is 160 Å². The van der Waals surface area contributed by atoms with Crippen LogP contribution < -0.4 is 15.4 Å². The number of anilines is 1. The average Bonchev–Trinajstić information content (AvgIpc) is 3.50. The van der Waals surface area contributed by atoms with E-state index in [0.717, 1.165) is 18.4 Å². The van der Waals surface area contributed by atoms with Gasteiger partial charge in [0.15, 0.2) is 6.61 Å². The Kier molecular flexibility index (Phi) is 6.12. The van der Waals surface area contributed by atoms with Crippen molar-refractivity contribution in [1.29, 1.82) is 0 Å². The van der Waals surface area contributed by atoms with Crippen molar-refractivity contribution >= 4 is 17.5 Å². The minimum atomic E-state index is -0.176. The van der Waals surface area contributed by atoms with E-state index < -0.39 is 0 Å². The van der Waals surface area contributed by atoms with Gasteiger partial charge in [-0.25, -0.2) is 0 Å². The molecule has 5 nitrogen and oxygen atoms in total. The molecule has 3 rings (SSSR count). The van der Waals surface area contributed by atoms with Gasteiger partial charge in [-0.05, 0) is 36.5 Å². The van der Waals surface area contributed by atoms with Crippen LogP contribution in [0.2, 0.25) is 0 Å². The number of carbonyl (C=O) groups excluding carboxylic acids is 2. The number of ether oxygens (including phenoxy) is 1. The van der Waals surface area contributed by atoms with Crippen LogP contribution in [-0.4, -0.2) is 18.4 Å². The van der Waals surface area contributed by atoms with Crippen LogP contribution in [0.1, 0.15) is 38.3 Å². The highest BCUT2D eigenvalue weighted by atomic mass is 16.5. The van der Waals surface area contributed by atoms with Crippen molar-refractivity contribution in [2.45, 2.75) is 32.7 Å². The highest BCUT2D eigenvalue weighted by Crippen LogP contribution is 2.30. The van der Waals surface area contributed by atoms with Crippen molar-refractivity contribution in [3.63, 3.8) is 0 Å². The Morgan fingerprint density at radius 2 is 1.81 bits per heavy atom. The molecule has 0 spiro atoms. The van der Waals surface area contributed by atoms with E-state index in [1.54, 1.807) is 18.2 Å². The lowest BCUT2D eigenvalue weighted by Crippen LogP contribution is -2.35. The third-order valence-corrected chi connectivity index (χ3v) is 4.56. The van der Waals surface area contributed by atoms with Crippen LogP contribution in [0.4, 0.5) is 5.69 Å². The maximum Gasteiger partial charge on any atom is 0.258 e. The Hall–Kier alpha value is -2.82. The summed E-state index contributed by atoms with van der Waals surface area (Å²) in [5, 5.41) is 5.92. The molecule has 2 aromatic rings. The number of hydrogen-bond acceptors (Lipinski definition) is 3. The average molecular weight is 366 g/mol. The van der Waals surface area contributed by atoms with Crippen molar-refractivity contribution in [3.05, 3.63) is 60.2 Å². The van der Waals surface area contributed by atoms with Crippen LogP contribution in [0.15, 0.2) is 54.6 Å². The molecular formula is C22H26N2O3. The predicted octanol–water partition coefficient (Wildman–Crippen LogP) is 3.93. The molecule has 0 aromatic heterocycles. The number of amides is 2. The summed E-state index contributed by atoms with van der Waals surface area (Å²) < 4.78 is 5.62. The molecule has 1 atom stereocenters. The van der Waals surface area contributed by atoms with Gasteiger partial charge in [-0.15, -0.1) is 0 Å². The Balaban J connectivity index is 1.54. The van der Waals surface area contributed by atoms with Gasteiger partial charge in [-0.2, -0.15) is 0 Å². The van der Waals surface area contributed by atoms with E-state index in [1.807, 2.05) is 36.4 Å². The quantitative estimate of drug-likeness (QED) is 0.744. The maximum atomic E-state index is 12.4. The monoisotopic (exact) mass is 366 g/mol. The van der Waals surface area contributed by atoms with Crippen LogP contribution in [0.3, 0.4) is 0 Å². The molecule has 1 aliphatic rings. The van der Waals surface area contributed by atoms with E-state index in [9.17, 15) is 9.59 Å². The van der Waals surface area contributed by atoms with E-state index in [1.165, 1.54) is 0 Å². The fourth-order valence-corrected chi connectivity index (χ4v) is 2.91. The first-order chi connectivity index (χ1) is 13.0. The second kappa shape index (κ2) is 8.71. The Morgan fingerprint density at radius 3 is 2.48 bits per heavy atom. The van der Waals surface area contributed by atoms with Crippen LogP contribution in [0, 0.1) is 11.8 Å². The Morgan fingerprint density at radius 1 is 1.07 bits per heavy atom. The molecule has 2 aromatic carbocycles. The first kappa shape index (κ1) is 19.0. The zero-order valence-corrected chi connectivity index (χ0v) is 15.8. The minimum Gasteiger partial charge on any atom is -0.484 e. The van der Waals surface area contributed by atoms with Crippen molar-refractivity contribution < 1.29 is 14.3 Å². The van der Waals surface area contributed by atoms with Crippen molar-refractivity contribution in [3.8, 4) is 5.75 Å². The van der Waals surface area contributed by atoms with Gasteiger partial charge in [0.1, 0.15) is 5.75 Å². The van der Waals surface area contributed by atoms with Gasteiger partial charge in [0, 0.05) is 17.7 Å². The molecule has 0 radical (unpaired) electrons. The summed E-state index contributed by atoms with van der Waals surface area (Å²) >= 11 is 0. The molecule has 1 saturated carbocycles. The minimum absolute atomic E-state index is 0.0486. The van der Waals surface area contributed by atoms with Crippen LogP contribution in [0.25, 0.3) is 0 Å². The van der Waals surface area contributed by atoms with E-state index in [4.69, 9.17) is 4.74 Å². The first-order valence-electron chi connectivity index (χ1n) is 9.41. The number of nitrogens with one attached hydrogen (secondary N) is 2. The van der Waals surface area contributed by atoms with Crippen LogP contribution in [-0.2, 0) is 9.59 Å². The summed E-state index contributed by atoms with van der Waals surface area (Å²) in [7, 11) is 0. The fourth-order valence-electron chi connectivity index (χ4n) is 2.91. The third-order valence-electron chi connectivity index (χ3n) is 4.56. The fraction of sp³-hybridized carbons (Fsp3) is 0.364. The number of benzene rings is 2. The third kappa shape index (κ3) is 5.58. The van der Waals surface area contributed by atoms with Gasteiger partial charge in [-0.3, -0.25) is 9.59 Å². The normalized spacial score (nSPS) is 14.5. The van der Waals surface area contributed by atoms with Crippen molar-refractivity contribution in [2.75, 3.05) is 11.9 Å². The number of rotatable bonds is 8. The summed E-state index contributed by atoms with van der Waals surface area (Å²) in [5.41, 5.74) is 1.76. The van der Waals surface area contributed by atoms with Crippen molar-refractivity contribution in [1.82, 2.24) is 5.32 Å². The van der Waals surface area contributed by atoms with E-state index in [-0.39, 0.29) is 36.3 Å². The summed E-state index contributed by atoms with van der Waals surface area (Å²) in [6.45, 7) is 4.08. The second-order valence-electron chi connectivity index (χ2n) is 7.28. The lowest BCUT2D eigenvalue weighted by Gasteiger charge is -2.23. The van der Waals surface area contributed by atoms with Gasteiger partial charge in [0.05, 0.1) is 6.04 Å². The molecule has 1 fully saturated rings. The molecule has 27 heavy (non-hydrogen) atoms. The molecule has 0 heterocycles. The molecular weight excluding hydrogens is 340 g/mol. The predicted molar refractivity (Wildman–Crippen MR) is 105 cm³/mol. The maximum absolute atomic E-state index is 12.4. The number of carbonyl (C=O) groups is 2. The standard InChI is InChI=1S/C22H26N2O3/c1-15(2)21(16-7-4-3-5-8-16)24-20(25)14-27-19-10-6-9-18(13-19)23-22(26)17-11-12-17/h3-10,13,15,17,21H,11-12,14H2,1-2H3,(H,23,26)(H,24,25)/t21-/m1/s1. The van der Waals surface area contributed by atoms with Gasteiger partial charge in [-0.1, -0.05) is 50.2 Å². The molecule has 2 N–H and O–H groups in total. The highest BCUT2D eigenvalue weighted by Gasteiger charge is 2.29. The summed E-state index contributed by atoms with van der Waals surface area (Å²) in [6, 6.07) is 17.0. The van der Waals surface area contributed by atoms with Crippen molar-refractivity contribution in [2.24, 2.45) is 11.8 Å². The molecule has 0 bridgehead atoms. The van der Waals surface area contributed by atoms with E-state index >= 15 is 0 Å². The molecule has 0 saturated heterocycles. The largest absolute Gasteiger partial charge is 0.484 e. The first-order valence-corrected chi connectivity index (χ1v) is 9.41. The smallest absolute Gasteiger partial charge is 0.258 e. The van der Waals surface area contributed by atoms with Gasteiger partial charge < -0.3 is 15.4 Å². The second-order valence-corrected chi connectivity index (χ2v) is 7.28. The SMILES string of the molecule is CC(C)[C@@H](NC(=O)COc1cccc(NC(=O)C2CC2)c1)c1ccccc1. The topological polar surface area (TPSA) is 67.4 Å². The van der Waals surface area contributed by atoms with Crippen LogP contribution in [0.5, 0.6) is 5.75 Å². The summed E-state index contributed by atoms with van der Waals surface area (Å²) in [6.07, 6.45) is 1.92. The molecule has 2 amide bonds. The van der Waals surface area contributed by atoms with Gasteiger partial charge in [0.2, 0.25) is 5.91 Å². The van der Waals surface area contributed by atoms with E-state index in [2.05, 4.69) is 24.5 Å². The zero-order chi connectivity index (χ0) is 19.2. The van der Waals surface area contributed by atoms with Gasteiger partial charge in [0.25, 0.3) is 5.91 Å². The highest BCUT2D eigenvalue weighted by molar-refractivity contribution is 5.94. The molecule has 1 aliphatic carbocycles. The molecule has 142 valence electrons. The van der Waals surface area contributed by atoms with E-state index in [0.29, 0.717) is 11.4 Å². The lowest BCUT2D eigenvalue weighted by molar-refractivity contribution is -0.124.